The van der Waals surface area contributed by atoms with Gasteiger partial charge in [-0.15, -0.1) is 56.6 Å². The standard InChI is InChI=1S/C32H32N6S2.2BrH/c1-2-18-37(17-1)27-13-5-23(6-14-27)29-21-39-31(35-29)33-25-9-11-26(12-10-25)34-32-36-30(22-40-32)24-7-15-28(16-8-24)38-19-3-4-20-38;;/h5-16,21-22H,1-4,17-20H2,(H,33,35)(H,34,36);2*1H. The van der Waals surface area contributed by atoms with Crippen LogP contribution in [0, 0.1) is 0 Å². The number of hydrogen-bond donors (Lipinski definition) is 2. The summed E-state index contributed by atoms with van der Waals surface area (Å²) in [6.07, 6.45) is 5.17. The number of halogens is 2. The quantitative estimate of drug-likeness (QED) is 0.166. The van der Waals surface area contributed by atoms with Crippen molar-refractivity contribution in [3.63, 3.8) is 0 Å². The zero-order valence-corrected chi connectivity index (χ0v) is 28.2. The van der Waals surface area contributed by atoms with E-state index in [0.29, 0.717) is 0 Å². The molecular formula is C32H34Br2N6S2. The van der Waals surface area contributed by atoms with E-state index in [4.69, 9.17) is 9.97 Å². The average Bonchev–Trinajstić information content (AvgIpc) is 3.82. The van der Waals surface area contributed by atoms with Crippen molar-refractivity contribution in [3.8, 4) is 22.5 Å². The van der Waals surface area contributed by atoms with E-state index >= 15 is 0 Å². The van der Waals surface area contributed by atoms with Gasteiger partial charge in [0.25, 0.3) is 0 Å². The van der Waals surface area contributed by atoms with Crippen molar-refractivity contribution in [1.29, 1.82) is 0 Å². The molecule has 0 bridgehead atoms. The molecule has 0 radical (unpaired) electrons. The van der Waals surface area contributed by atoms with Crippen LogP contribution in [0.5, 0.6) is 0 Å². The minimum Gasteiger partial charge on any atom is -0.372 e. The molecule has 7 rings (SSSR count). The highest BCUT2D eigenvalue weighted by atomic mass is 79.9. The second-order valence-electron chi connectivity index (χ2n) is 10.4. The largest absolute Gasteiger partial charge is 0.372 e. The lowest BCUT2D eigenvalue weighted by Crippen LogP contribution is -2.17. The second kappa shape index (κ2) is 14.0. The number of hydrogen-bond acceptors (Lipinski definition) is 8. The van der Waals surface area contributed by atoms with Crippen LogP contribution in [0.25, 0.3) is 22.5 Å². The fourth-order valence-corrected chi connectivity index (χ4v) is 6.93. The summed E-state index contributed by atoms with van der Waals surface area (Å²) in [7, 11) is 0. The minimum absolute atomic E-state index is 0. The normalized spacial score (nSPS) is 14.4. The lowest BCUT2D eigenvalue weighted by molar-refractivity contribution is 0.949. The molecule has 0 amide bonds. The SMILES string of the molecule is Br.Br.c1cc(Nc2nc(-c3ccc(N4CCCC4)cc3)cs2)ccc1Nc1nc(-c2ccc(N3CCCC3)cc2)cs1. The topological polar surface area (TPSA) is 56.3 Å². The average molecular weight is 727 g/mol. The molecule has 2 aromatic heterocycles. The molecule has 0 atom stereocenters. The first-order chi connectivity index (χ1) is 19.8. The molecule has 4 heterocycles. The summed E-state index contributed by atoms with van der Waals surface area (Å²) < 4.78 is 0. The van der Waals surface area contributed by atoms with E-state index in [0.717, 1.165) is 70.3 Å². The number of anilines is 6. The van der Waals surface area contributed by atoms with E-state index in [1.165, 1.54) is 37.1 Å². The molecule has 0 saturated carbocycles. The number of rotatable bonds is 8. The molecule has 6 nitrogen and oxygen atoms in total. The van der Waals surface area contributed by atoms with Crippen molar-refractivity contribution in [2.24, 2.45) is 0 Å². The maximum atomic E-state index is 4.82. The van der Waals surface area contributed by atoms with Crippen molar-refractivity contribution in [1.82, 2.24) is 9.97 Å². The number of nitrogens with one attached hydrogen (secondary N) is 2. The van der Waals surface area contributed by atoms with E-state index in [2.05, 4.69) is 104 Å². The highest BCUT2D eigenvalue weighted by Crippen LogP contribution is 2.32. The van der Waals surface area contributed by atoms with Gasteiger partial charge in [-0.25, -0.2) is 9.97 Å². The smallest absolute Gasteiger partial charge is 0.187 e. The Morgan fingerprint density at radius 2 is 0.857 bits per heavy atom. The van der Waals surface area contributed by atoms with Gasteiger partial charge in [0.05, 0.1) is 11.4 Å². The molecule has 218 valence electrons. The fourth-order valence-electron chi connectivity index (χ4n) is 5.45. The lowest BCUT2D eigenvalue weighted by Gasteiger charge is -2.17. The first-order valence-electron chi connectivity index (χ1n) is 14.0. The van der Waals surface area contributed by atoms with Crippen molar-refractivity contribution in [3.05, 3.63) is 83.6 Å². The third kappa shape index (κ3) is 6.99. The number of benzene rings is 3. The van der Waals surface area contributed by atoms with Crippen LogP contribution in [0.3, 0.4) is 0 Å². The predicted octanol–water partition coefficient (Wildman–Crippen LogP) is 9.78. The highest BCUT2D eigenvalue weighted by molar-refractivity contribution is 8.93. The van der Waals surface area contributed by atoms with E-state index in [9.17, 15) is 0 Å². The molecule has 2 saturated heterocycles. The van der Waals surface area contributed by atoms with Crippen molar-refractivity contribution in [2.45, 2.75) is 25.7 Å². The van der Waals surface area contributed by atoms with Crippen molar-refractivity contribution >= 4 is 89.6 Å². The highest BCUT2D eigenvalue weighted by Gasteiger charge is 2.14. The Labute approximate surface area is 276 Å². The lowest BCUT2D eigenvalue weighted by atomic mass is 10.1. The van der Waals surface area contributed by atoms with Gasteiger partial charge in [-0.3, -0.25) is 0 Å². The Morgan fingerprint density at radius 1 is 0.500 bits per heavy atom. The third-order valence-corrected chi connectivity index (χ3v) is 9.18. The Morgan fingerprint density at radius 3 is 1.21 bits per heavy atom. The maximum absolute atomic E-state index is 4.82. The van der Waals surface area contributed by atoms with Crippen LogP contribution in [0.1, 0.15) is 25.7 Å². The van der Waals surface area contributed by atoms with Crippen molar-refractivity contribution in [2.75, 3.05) is 46.6 Å². The third-order valence-electron chi connectivity index (χ3n) is 7.66. The molecule has 5 aromatic rings. The molecule has 42 heavy (non-hydrogen) atoms. The van der Waals surface area contributed by atoms with Gasteiger partial charge in [-0.2, -0.15) is 0 Å². The maximum Gasteiger partial charge on any atom is 0.187 e. The number of nitrogens with zero attached hydrogens (tertiary/aromatic N) is 4. The van der Waals surface area contributed by atoms with E-state index < -0.39 is 0 Å². The van der Waals surface area contributed by atoms with Gasteiger partial charge in [0, 0.05) is 70.8 Å². The molecule has 3 aromatic carbocycles. The monoisotopic (exact) mass is 724 g/mol. The molecular weight excluding hydrogens is 692 g/mol. The summed E-state index contributed by atoms with van der Waals surface area (Å²) in [6.45, 7) is 4.65. The number of aromatic nitrogens is 2. The summed E-state index contributed by atoms with van der Waals surface area (Å²) in [5, 5.41) is 12.9. The Bertz CT molecular complexity index is 1440. The first kappa shape index (κ1) is 30.5. The molecule has 2 aliphatic rings. The molecule has 2 fully saturated rings. The molecule has 2 N–H and O–H groups in total. The first-order valence-corrected chi connectivity index (χ1v) is 15.8. The molecule has 0 aliphatic carbocycles. The van der Waals surface area contributed by atoms with Gasteiger partial charge in [0.15, 0.2) is 10.3 Å². The van der Waals surface area contributed by atoms with Gasteiger partial charge in [0.2, 0.25) is 0 Å². The summed E-state index contributed by atoms with van der Waals surface area (Å²) in [6, 6.07) is 25.9. The van der Waals surface area contributed by atoms with Gasteiger partial charge >= 0.3 is 0 Å². The summed E-state index contributed by atoms with van der Waals surface area (Å²) in [4.78, 5) is 14.6. The van der Waals surface area contributed by atoms with Crippen LogP contribution in [-0.2, 0) is 0 Å². The Hall–Kier alpha value is -2.92. The van der Waals surface area contributed by atoms with Crippen molar-refractivity contribution < 1.29 is 0 Å². The Balaban J connectivity index is 0.00000176. The molecule has 0 unspecified atom stereocenters. The Kier molecular flexibility index (Phi) is 10.2. The summed E-state index contributed by atoms with van der Waals surface area (Å²) in [5.74, 6) is 0. The zero-order chi connectivity index (χ0) is 26.7. The van der Waals surface area contributed by atoms with E-state index in [1.807, 2.05) is 0 Å². The van der Waals surface area contributed by atoms with E-state index in [1.54, 1.807) is 22.7 Å². The van der Waals surface area contributed by atoms with E-state index in [-0.39, 0.29) is 34.0 Å². The molecule has 0 spiro atoms. The summed E-state index contributed by atoms with van der Waals surface area (Å²) >= 11 is 3.25. The predicted molar refractivity (Wildman–Crippen MR) is 192 cm³/mol. The minimum atomic E-state index is 0. The van der Waals surface area contributed by atoms with Crippen LogP contribution >= 0.6 is 56.6 Å². The van der Waals surface area contributed by atoms with Gasteiger partial charge < -0.3 is 20.4 Å². The van der Waals surface area contributed by atoms with Crippen LogP contribution in [0.15, 0.2) is 83.6 Å². The van der Waals surface area contributed by atoms with Crippen LogP contribution in [0.2, 0.25) is 0 Å². The molecule has 2 aliphatic heterocycles. The van der Waals surface area contributed by atoms with Crippen LogP contribution < -0.4 is 20.4 Å². The second-order valence-corrected chi connectivity index (χ2v) is 12.1. The van der Waals surface area contributed by atoms with Gasteiger partial charge in [0.1, 0.15) is 0 Å². The van der Waals surface area contributed by atoms with Crippen LogP contribution in [-0.4, -0.2) is 36.1 Å². The van der Waals surface area contributed by atoms with Crippen LogP contribution in [0.4, 0.5) is 33.0 Å². The summed E-state index contributed by atoms with van der Waals surface area (Å²) in [5.41, 5.74) is 8.94. The van der Waals surface area contributed by atoms with Gasteiger partial charge in [-0.05, 0) is 74.2 Å². The number of thiazole rings is 2. The zero-order valence-electron chi connectivity index (χ0n) is 23.2. The van der Waals surface area contributed by atoms with Gasteiger partial charge in [-0.1, -0.05) is 24.3 Å². The molecule has 10 heteroatoms. The fraction of sp³-hybridized carbons (Fsp3) is 0.250.